The van der Waals surface area contributed by atoms with Gasteiger partial charge in [-0.2, -0.15) is 8.78 Å². The number of nitro groups is 1. The lowest BCUT2D eigenvalue weighted by molar-refractivity contribution is -0.384. The largest absolute Gasteiger partial charge is 0.435 e. The minimum absolute atomic E-state index is 0.0492. The van der Waals surface area contributed by atoms with Crippen LogP contribution in [-0.4, -0.2) is 24.0 Å². The molecule has 0 heterocycles. The zero-order valence-corrected chi connectivity index (χ0v) is 13.6. The van der Waals surface area contributed by atoms with Crippen molar-refractivity contribution >= 4 is 17.7 Å². The highest BCUT2D eigenvalue weighted by atomic mass is 19.3. The summed E-state index contributed by atoms with van der Waals surface area (Å²) in [5.74, 6) is -0.262. The molecule has 8 heteroatoms. The van der Waals surface area contributed by atoms with Gasteiger partial charge in [0, 0.05) is 24.8 Å². The number of nitrogens with zero attached hydrogens (tertiary/aromatic N) is 1. The van der Waals surface area contributed by atoms with Crippen LogP contribution in [0.15, 0.2) is 54.6 Å². The van der Waals surface area contributed by atoms with Crippen LogP contribution in [0.4, 0.5) is 14.5 Å². The molecule has 0 saturated carbocycles. The van der Waals surface area contributed by atoms with E-state index in [4.69, 9.17) is 0 Å². The molecule has 0 unspecified atom stereocenters. The molecule has 0 bridgehead atoms. The number of carbonyl (C=O) groups excluding carboxylic acids is 1. The summed E-state index contributed by atoms with van der Waals surface area (Å²) in [6, 6.07) is 12.1. The van der Waals surface area contributed by atoms with E-state index < -0.39 is 11.5 Å². The maximum atomic E-state index is 12.1. The van der Waals surface area contributed by atoms with Crippen molar-refractivity contribution in [3.05, 3.63) is 75.8 Å². The van der Waals surface area contributed by atoms with Gasteiger partial charge < -0.3 is 10.1 Å². The molecule has 2 aromatic rings. The number of nitrogens with one attached hydrogen (secondary N) is 1. The molecule has 0 fully saturated rings. The molecule has 0 aliphatic rings. The van der Waals surface area contributed by atoms with E-state index in [1.165, 1.54) is 42.5 Å². The number of hydrogen-bond acceptors (Lipinski definition) is 4. The molecular weight excluding hydrogens is 346 g/mol. The second-order valence-corrected chi connectivity index (χ2v) is 5.25. The van der Waals surface area contributed by atoms with E-state index in [0.29, 0.717) is 18.5 Å². The van der Waals surface area contributed by atoms with Gasteiger partial charge in [0.25, 0.3) is 5.69 Å². The maximum Gasteiger partial charge on any atom is 0.387 e. The van der Waals surface area contributed by atoms with Crippen LogP contribution in [0.1, 0.15) is 11.1 Å². The van der Waals surface area contributed by atoms with Crippen LogP contribution >= 0.6 is 0 Å². The minimum atomic E-state index is -2.86. The number of carbonyl (C=O) groups is 1. The van der Waals surface area contributed by atoms with E-state index in [-0.39, 0.29) is 17.3 Å². The van der Waals surface area contributed by atoms with Crippen LogP contribution in [0.5, 0.6) is 5.75 Å². The van der Waals surface area contributed by atoms with E-state index >= 15 is 0 Å². The smallest absolute Gasteiger partial charge is 0.387 e. The summed E-state index contributed by atoms with van der Waals surface area (Å²) >= 11 is 0. The normalized spacial score (nSPS) is 10.9. The molecule has 0 saturated heterocycles. The van der Waals surface area contributed by atoms with Gasteiger partial charge >= 0.3 is 6.61 Å². The molecule has 2 rings (SSSR count). The topological polar surface area (TPSA) is 81.5 Å². The fraction of sp³-hybridized carbons (Fsp3) is 0.167. The van der Waals surface area contributed by atoms with Gasteiger partial charge in [0.1, 0.15) is 5.75 Å². The number of alkyl halides is 2. The summed E-state index contributed by atoms with van der Waals surface area (Å²) < 4.78 is 28.4. The van der Waals surface area contributed by atoms with E-state index in [9.17, 15) is 23.7 Å². The van der Waals surface area contributed by atoms with Gasteiger partial charge in [0.05, 0.1) is 4.92 Å². The van der Waals surface area contributed by atoms with Gasteiger partial charge in [-0.25, -0.2) is 0 Å². The molecule has 136 valence electrons. The highest BCUT2D eigenvalue weighted by Crippen LogP contribution is 2.15. The summed E-state index contributed by atoms with van der Waals surface area (Å²) in [4.78, 5) is 22.0. The standard InChI is InChI=1S/C18H16F2N2O4/c19-18(20)26-16-7-4-13(5-8-16)10-11-21-17(23)9-6-14-2-1-3-15(12-14)22(24)25/h1-9,12,18H,10-11H2,(H,21,23)/b9-6+. The molecule has 0 radical (unpaired) electrons. The molecule has 26 heavy (non-hydrogen) atoms. The van der Waals surface area contributed by atoms with Crippen LogP contribution in [-0.2, 0) is 11.2 Å². The van der Waals surface area contributed by atoms with Crippen LogP contribution < -0.4 is 10.1 Å². The Labute approximate surface area is 148 Å². The summed E-state index contributed by atoms with van der Waals surface area (Å²) in [6.07, 6.45) is 3.29. The Morgan fingerprint density at radius 3 is 2.62 bits per heavy atom. The van der Waals surface area contributed by atoms with Gasteiger partial charge in [-0.05, 0) is 35.8 Å². The molecule has 1 amide bonds. The molecular formula is C18H16F2N2O4. The Bertz CT molecular complexity index is 792. The highest BCUT2D eigenvalue weighted by Gasteiger charge is 2.05. The third-order valence-corrected chi connectivity index (χ3v) is 3.37. The van der Waals surface area contributed by atoms with Crippen molar-refractivity contribution in [2.24, 2.45) is 0 Å². The summed E-state index contributed by atoms with van der Waals surface area (Å²) in [6.45, 7) is -2.51. The number of rotatable bonds is 8. The molecule has 0 aliphatic heterocycles. The van der Waals surface area contributed by atoms with Crippen molar-refractivity contribution in [1.82, 2.24) is 5.32 Å². The Morgan fingerprint density at radius 2 is 1.96 bits per heavy atom. The van der Waals surface area contributed by atoms with E-state index in [1.807, 2.05) is 0 Å². The number of amides is 1. The fourth-order valence-corrected chi connectivity index (χ4v) is 2.14. The van der Waals surface area contributed by atoms with Crippen molar-refractivity contribution < 1.29 is 23.2 Å². The second kappa shape index (κ2) is 9.26. The number of ether oxygens (including phenoxy) is 1. The van der Waals surface area contributed by atoms with Crippen molar-refractivity contribution in [3.8, 4) is 5.75 Å². The van der Waals surface area contributed by atoms with Crippen LogP contribution in [0.25, 0.3) is 6.08 Å². The number of nitro benzene ring substituents is 1. The van der Waals surface area contributed by atoms with Gasteiger partial charge in [0.2, 0.25) is 5.91 Å². The monoisotopic (exact) mass is 362 g/mol. The number of non-ortho nitro benzene ring substituents is 1. The Hall–Kier alpha value is -3.29. The summed E-state index contributed by atoms with van der Waals surface area (Å²) in [5, 5.41) is 13.4. The third-order valence-electron chi connectivity index (χ3n) is 3.37. The van der Waals surface area contributed by atoms with Crippen molar-refractivity contribution in [2.45, 2.75) is 13.0 Å². The van der Waals surface area contributed by atoms with Gasteiger partial charge in [-0.1, -0.05) is 24.3 Å². The second-order valence-electron chi connectivity index (χ2n) is 5.25. The van der Waals surface area contributed by atoms with Crippen LogP contribution in [0.3, 0.4) is 0 Å². The average Bonchev–Trinajstić information content (AvgIpc) is 2.61. The number of benzene rings is 2. The van der Waals surface area contributed by atoms with E-state index in [2.05, 4.69) is 10.1 Å². The van der Waals surface area contributed by atoms with Crippen molar-refractivity contribution in [2.75, 3.05) is 6.54 Å². The predicted molar refractivity (Wildman–Crippen MR) is 91.9 cm³/mol. The first kappa shape index (κ1) is 19.0. The predicted octanol–water partition coefficient (Wildman–Crippen LogP) is 3.57. The lowest BCUT2D eigenvalue weighted by atomic mass is 10.1. The SMILES string of the molecule is O=C(/C=C/c1cccc([N+](=O)[O-])c1)NCCc1ccc(OC(F)F)cc1. The molecule has 0 spiro atoms. The average molecular weight is 362 g/mol. The van der Waals surface area contributed by atoms with Crippen LogP contribution in [0, 0.1) is 10.1 Å². The molecule has 0 aliphatic carbocycles. The molecule has 1 N–H and O–H groups in total. The zero-order chi connectivity index (χ0) is 18.9. The van der Waals surface area contributed by atoms with Gasteiger partial charge in [-0.15, -0.1) is 0 Å². The zero-order valence-electron chi connectivity index (χ0n) is 13.6. The van der Waals surface area contributed by atoms with E-state index in [0.717, 1.165) is 5.56 Å². The lowest BCUT2D eigenvalue weighted by Crippen LogP contribution is -2.23. The molecule has 0 aromatic heterocycles. The van der Waals surface area contributed by atoms with Crippen molar-refractivity contribution in [1.29, 1.82) is 0 Å². The first-order chi connectivity index (χ1) is 12.4. The number of halogens is 2. The minimum Gasteiger partial charge on any atom is -0.435 e. The molecule has 2 aromatic carbocycles. The molecule has 6 nitrogen and oxygen atoms in total. The quantitative estimate of drug-likeness (QED) is 0.442. The van der Waals surface area contributed by atoms with Gasteiger partial charge in [-0.3, -0.25) is 14.9 Å². The Kier molecular flexibility index (Phi) is 6.78. The summed E-state index contributed by atoms with van der Waals surface area (Å²) in [7, 11) is 0. The third kappa shape index (κ3) is 6.31. The van der Waals surface area contributed by atoms with Gasteiger partial charge in [0.15, 0.2) is 0 Å². The Morgan fingerprint density at radius 1 is 1.23 bits per heavy atom. The fourth-order valence-electron chi connectivity index (χ4n) is 2.14. The lowest BCUT2D eigenvalue weighted by Gasteiger charge is -2.06. The van der Waals surface area contributed by atoms with E-state index in [1.54, 1.807) is 18.2 Å². The van der Waals surface area contributed by atoms with Crippen molar-refractivity contribution in [3.63, 3.8) is 0 Å². The van der Waals surface area contributed by atoms with Crippen LogP contribution in [0.2, 0.25) is 0 Å². The first-order valence-electron chi connectivity index (χ1n) is 7.68. The number of hydrogen-bond donors (Lipinski definition) is 1. The first-order valence-corrected chi connectivity index (χ1v) is 7.68. The molecule has 0 atom stereocenters. The Balaban J connectivity index is 1.80. The highest BCUT2D eigenvalue weighted by molar-refractivity contribution is 5.91. The maximum absolute atomic E-state index is 12.1. The summed E-state index contributed by atoms with van der Waals surface area (Å²) in [5.41, 5.74) is 1.35.